The first-order valence-electron chi connectivity index (χ1n) is 5.51. The van der Waals surface area contributed by atoms with E-state index in [1.54, 1.807) is 24.3 Å². The lowest BCUT2D eigenvalue weighted by Crippen LogP contribution is -2.04. The van der Waals surface area contributed by atoms with Gasteiger partial charge in [-0.05, 0) is 30.7 Å². The third-order valence-corrected chi connectivity index (χ3v) is 5.21. The first-order valence-corrected chi connectivity index (χ1v) is 8.12. The average Bonchev–Trinajstić information content (AvgIpc) is 2.39. The maximum atomic E-state index is 12.5. The molecule has 0 aliphatic heterocycles. The summed E-state index contributed by atoms with van der Waals surface area (Å²) in [4.78, 5) is 0.701. The molecule has 0 fully saturated rings. The summed E-state index contributed by atoms with van der Waals surface area (Å²) in [6.45, 7) is 1.93. The smallest absolute Gasteiger partial charge is 0.206 e. The molecule has 0 unspecified atom stereocenters. The second-order valence-electron chi connectivity index (χ2n) is 4.06. The van der Waals surface area contributed by atoms with E-state index in [-0.39, 0.29) is 0 Å². The third kappa shape index (κ3) is 2.49. The molecule has 0 atom stereocenters. The quantitative estimate of drug-likeness (QED) is 0.806. The molecule has 94 valence electrons. The van der Waals surface area contributed by atoms with Crippen LogP contribution in [0, 0.1) is 6.92 Å². The Balaban J connectivity index is 2.58. The summed E-state index contributed by atoms with van der Waals surface area (Å²) in [6, 6.07) is 14.0. The van der Waals surface area contributed by atoms with Gasteiger partial charge in [0.1, 0.15) is 0 Å². The van der Waals surface area contributed by atoms with Gasteiger partial charge in [0, 0.05) is 5.33 Å². The van der Waals surface area contributed by atoms with Crippen LogP contribution >= 0.6 is 15.9 Å². The van der Waals surface area contributed by atoms with Crippen molar-refractivity contribution in [3.05, 3.63) is 59.7 Å². The Kier molecular flexibility index (Phi) is 3.88. The number of hydrogen-bond acceptors (Lipinski definition) is 2. The zero-order chi connectivity index (χ0) is 13.2. The van der Waals surface area contributed by atoms with Gasteiger partial charge in [0.2, 0.25) is 9.84 Å². The van der Waals surface area contributed by atoms with Crippen LogP contribution in [-0.2, 0) is 15.2 Å². The topological polar surface area (TPSA) is 34.1 Å². The zero-order valence-electron chi connectivity index (χ0n) is 9.93. The van der Waals surface area contributed by atoms with E-state index in [0.717, 1.165) is 11.1 Å². The molecular formula is C14H13BrO2S. The summed E-state index contributed by atoms with van der Waals surface area (Å²) in [7, 11) is -3.43. The molecule has 0 aromatic heterocycles. The van der Waals surface area contributed by atoms with Gasteiger partial charge in [0.15, 0.2) is 0 Å². The Bertz CT molecular complexity index is 646. The summed E-state index contributed by atoms with van der Waals surface area (Å²) in [5.74, 6) is 0. The fraction of sp³-hybridized carbons (Fsp3) is 0.143. The van der Waals surface area contributed by atoms with Crippen LogP contribution in [0.1, 0.15) is 11.1 Å². The fourth-order valence-electron chi connectivity index (χ4n) is 1.72. The van der Waals surface area contributed by atoms with Gasteiger partial charge >= 0.3 is 0 Å². The van der Waals surface area contributed by atoms with Gasteiger partial charge in [0.05, 0.1) is 9.79 Å². The summed E-state index contributed by atoms with van der Waals surface area (Å²) < 4.78 is 25.0. The van der Waals surface area contributed by atoms with Crippen LogP contribution in [0.15, 0.2) is 58.3 Å². The molecule has 0 amide bonds. The van der Waals surface area contributed by atoms with Crippen molar-refractivity contribution in [2.24, 2.45) is 0 Å². The predicted octanol–water partition coefficient (Wildman–Crippen LogP) is 3.72. The molecule has 2 nitrogen and oxygen atoms in total. The maximum absolute atomic E-state index is 12.5. The molecule has 0 saturated heterocycles. The van der Waals surface area contributed by atoms with Crippen LogP contribution in [0.4, 0.5) is 0 Å². The summed E-state index contributed by atoms with van der Waals surface area (Å²) in [5, 5.41) is 0.522. The SMILES string of the molecule is Cc1ccc(S(=O)(=O)c2ccccc2CBr)cc1. The highest BCUT2D eigenvalue weighted by Crippen LogP contribution is 2.25. The van der Waals surface area contributed by atoms with Gasteiger partial charge in [-0.15, -0.1) is 0 Å². The molecule has 4 heteroatoms. The molecule has 2 aromatic carbocycles. The molecule has 0 radical (unpaired) electrons. The second kappa shape index (κ2) is 5.24. The first-order chi connectivity index (χ1) is 8.55. The minimum absolute atomic E-state index is 0.335. The third-order valence-electron chi connectivity index (χ3n) is 2.74. The average molecular weight is 325 g/mol. The molecule has 0 N–H and O–H groups in total. The van der Waals surface area contributed by atoms with E-state index in [0.29, 0.717) is 15.1 Å². The van der Waals surface area contributed by atoms with Crippen molar-refractivity contribution in [2.75, 3.05) is 0 Å². The molecule has 0 heterocycles. The van der Waals surface area contributed by atoms with E-state index in [2.05, 4.69) is 15.9 Å². The van der Waals surface area contributed by atoms with Crippen LogP contribution < -0.4 is 0 Å². The highest BCUT2D eigenvalue weighted by atomic mass is 79.9. The van der Waals surface area contributed by atoms with E-state index in [4.69, 9.17) is 0 Å². The number of benzene rings is 2. The maximum Gasteiger partial charge on any atom is 0.206 e. The fourth-order valence-corrected chi connectivity index (χ4v) is 3.89. The molecule has 18 heavy (non-hydrogen) atoms. The normalized spacial score (nSPS) is 11.4. The van der Waals surface area contributed by atoms with Gasteiger partial charge in [0.25, 0.3) is 0 Å². The lowest BCUT2D eigenvalue weighted by molar-refractivity contribution is 0.595. The molecule has 2 rings (SSSR count). The van der Waals surface area contributed by atoms with Crippen molar-refractivity contribution in [3.63, 3.8) is 0 Å². The molecule has 2 aromatic rings. The molecule has 0 bridgehead atoms. The van der Waals surface area contributed by atoms with Crippen LogP contribution in [-0.4, -0.2) is 8.42 Å². The van der Waals surface area contributed by atoms with Crippen molar-refractivity contribution in [1.29, 1.82) is 0 Å². The first kappa shape index (κ1) is 13.3. The van der Waals surface area contributed by atoms with E-state index >= 15 is 0 Å². The Morgan fingerprint density at radius 2 is 1.61 bits per heavy atom. The predicted molar refractivity (Wildman–Crippen MR) is 75.7 cm³/mol. The summed E-state index contributed by atoms with van der Waals surface area (Å²) in [5.41, 5.74) is 1.82. The Morgan fingerprint density at radius 3 is 2.22 bits per heavy atom. The number of alkyl halides is 1. The van der Waals surface area contributed by atoms with Crippen LogP contribution in [0.25, 0.3) is 0 Å². The monoisotopic (exact) mass is 324 g/mol. The minimum atomic E-state index is -3.43. The highest BCUT2D eigenvalue weighted by Gasteiger charge is 2.20. The number of sulfone groups is 1. The van der Waals surface area contributed by atoms with Gasteiger partial charge in [-0.3, -0.25) is 0 Å². The van der Waals surface area contributed by atoms with Gasteiger partial charge in [-0.1, -0.05) is 51.8 Å². The van der Waals surface area contributed by atoms with Crippen LogP contribution in [0.2, 0.25) is 0 Å². The van der Waals surface area contributed by atoms with Crippen molar-refractivity contribution in [3.8, 4) is 0 Å². The highest BCUT2D eigenvalue weighted by molar-refractivity contribution is 9.08. The number of aryl methyl sites for hydroxylation is 1. The van der Waals surface area contributed by atoms with Gasteiger partial charge < -0.3 is 0 Å². The van der Waals surface area contributed by atoms with E-state index in [1.165, 1.54) is 0 Å². The lowest BCUT2D eigenvalue weighted by Gasteiger charge is -2.08. The number of halogens is 1. The van der Waals surface area contributed by atoms with E-state index < -0.39 is 9.84 Å². The minimum Gasteiger partial charge on any atom is -0.219 e. The van der Waals surface area contributed by atoms with Crippen LogP contribution in [0.5, 0.6) is 0 Å². The lowest BCUT2D eigenvalue weighted by atomic mass is 10.2. The van der Waals surface area contributed by atoms with Crippen molar-refractivity contribution in [2.45, 2.75) is 22.0 Å². The second-order valence-corrected chi connectivity index (χ2v) is 6.54. The Labute approximate surface area is 116 Å². The number of hydrogen-bond donors (Lipinski definition) is 0. The van der Waals surface area contributed by atoms with Crippen LogP contribution in [0.3, 0.4) is 0 Å². The standard InChI is InChI=1S/C14H13BrO2S/c1-11-6-8-13(9-7-11)18(16,17)14-5-3-2-4-12(14)10-15/h2-9H,10H2,1H3. The summed E-state index contributed by atoms with van der Waals surface area (Å²) >= 11 is 3.32. The van der Waals surface area contributed by atoms with Crippen molar-refractivity contribution in [1.82, 2.24) is 0 Å². The van der Waals surface area contributed by atoms with E-state index in [1.807, 2.05) is 31.2 Å². The zero-order valence-corrected chi connectivity index (χ0v) is 12.3. The molecule has 0 aliphatic rings. The summed E-state index contributed by atoms with van der Waals surface area (Å²) in [6.07, 6.45) is 0. The van der Waals surface area contributed by atoms with Gasteiger partial charge in [-0.2, -0.15) is 0 Å². The molecule has 0 saturated carbocycles. The Morgan fingerprint density at radius 1 is 1.00 bits per heavy atom. The van der Waals surface area contributed by atoms with Gasteiger partial charge in [-0.25, -0.2) is 8.42 Å². The van der Waals surface area contributed by atoms with Crippen molar-refractivity contribution < 1.29 is 8.42 Å². The Hall–Kier alpha value is -1.13. The molecule has 0 spiro atoms. The molecular weight excluding hydrogens is 312 g/mol. The van der Waals surface area contributed by atoms with Crippen molar-refractivity contribution >= 4 is 25.8 Å². The number of rotatable bonds is 3. The largest absolute Gasteiger partial charge is 0.219 e. The van der Waals surface area contributed by atoms with E-state index in [9.17, 15) is 8.42 Å². The molecule has 0 aliphatic carbocycles.